The van der Waals surface area contributed by atoms with Crippen LogP contribution in [0.25, 0.3) is 0 Å². The SMILES string of the molecule is C/C=C/C(=O)OCCOc1ccc(Cc2ccc(OCCOC(=O)C(C)CC)cc2)cc1. The third-order valence-electron chi connectivity index (χ3n) is 4.77. The maximum absolute atomic E-state index is 11.6. The Morgan fingerprint density at radius 1 is 0.812 bits per heavy atom. The van der Waals surface area contributed by atoms with Crippen molar-refractivity contribution in [2.45, 2.75) is 33.6 Å². The molecule has 0 spiro atoms. The van der Waals surface area contributed by atoms with Crippen LogP contribution in [0.1, 0.15) is 38.3 Å². The summed E-state index contributed by atoms with van der Waals surface area (Å²) >= 11 is 0. The molecule has 1 unspecified atom stereocenters. The highest BCUT2D eigenvalue weighted by atomic mass is 16.6. The van der Waals surface area contributed by atoms with E-state index in [-0.39, 0.29) is 31.1 Å². The molecule has 0 saturated heterocycles. The zero-order valence-electron chi connectivity index (χ0n) is 19.0. The van der Waals surface area contributed by atoms with Gasteiger partial charge >= 0.3 is 11.9 Å². The predicted molar refractivity (Wildman–Crippen MR) is 123 cm³/mol. The Morgan fingerprint density at radius 3 is 1.78 bits per heavy atom. The summed E-state index contributed by atoms with van der Waals surface area (Å²) in [6, 6.07) is 15.7. The molecule has 1 atom stereocenters. The van der Waals surface area contributed by atoms with E-state index in [2.05, 4.69) is 0 Å². The first kappa shape index (κ1) is 25.0. The molecule has 2 aromatic carbocycles. The summed E-state index contributed by atoms with van der Waals surface area (Å²) in [6.07, 6.45) is 4.56. The highest BCUT2D eigenvalue weighted by molar-refractivity contribution is 5.81. The molecule has 0 fully saturated rings. The van der Waals surface area contributed by atoms with Gasteiger partial charge in [0.25, 0.3) is 0 Å². The molecule has 0 radical (unpaired) electrons. The average molecular weight is 441 g/mol. The van der Waals surface area contributed by atoms with Crippen molar-refractivity contribution in [1.82, 2.24) is 0 Å². The van der Waals surface area contributed by atoms with E-state index < -0.39 is 0 Å². The van der Waals surface area contributed by atoms with Crippen LogP contribution in [-0.4, -0.2) is 38.4 Å². The van der Waals surface area contributed by atoms with Crippen LogP contribution >= 0.6 is 0 Å². The molecule has 0 N–H and O–H groups in total. The van der Waals surface area contributed by atoms with Gasteiger partial charge in [-0.1, -0.05) is 44.2 Å². The highest BCUT2D eigenvalue weighted by Crippen LogP contribution is 2.18. The Hall–Kier alpha value is -3.28. The molecule has 0 aliphatic carbocycles. The van der Waals surface area contributed by atoms with E-state index in [1.165, 1.54) is 6.08 Å². The lowest BCUT2D eigenvalue weighted by molar-refractivity contribution is -0.148. The maximum Gasteiger partial charge on any atom is 0.330 e. The number of hydrogen-bond acceptors (Lipinski definition) is 6. The number of esters is 2. The topological polar surface area (TPSA) is 71.1 Å². The molecule has 32 heavy (non-hydrogen) atoms. The van der Waals surface area contributed by atoms with Gasteiger partial charge in [-0.15, -0.1) is 0 Å². The van der Waals surface area contributed by atoms with Crippen molar-refractivity contribution in [2.24, 2.45) is 5.92 Å². The second-order valence-corrected chi connectivity index (χ2v) is 7.31. The summed E-state index contributed by atoms with van der Waals surface area (Å²) in [5.74, 6) is 0.840. The smallest absolute Gasteiger partial charge is 0.330 e. The minimum Gasteiger partial charge on any atom is -0.490 e. The molecule has 2 aromatic rings. The average Bonchev–Trinajstić information content (AvgIpc) is 2.81. The van der Waals surface area contributed by atoms with E-state index >= 15 is 0 Å². The second-order valence-electron chi connectivity index (χ2n) is 7.31. The summed E-state index contributed by atoms with van der Waals surface area (Å²) in [6.45, 7) is 6.67. The summed E-state index contributed by atoms with van der Waals surface area (Å²) in [4.78, 5) is 22.9. The van der Waals surface area contributed by atoms with E-state index in [1.54, 1.807) is 13.0 Å². The lowest BCUT2D eigenvalue weighted by Crippen LogP contribution is -2.17. The largest absolute Gasteiger partial charge is 0.490 e. The Labute approximate surface area is 190 Å². The molecule has 0 aliphatic rings. The van der Waals surface area contributed by atoms with Gasteiger partial charge in [-0.2, -0.15) is 0 Å². The molecule has 6 heteroatoms. The molecule has 172 valence electrons. The van der Waals surface area contributed by atoms with E-state index in [1.807, 2.05) is 62.4 Å². The Balaban J connectivity index is 1.70. The molecule has 0 saturated carbocycles. The highest BCUT2D eigenvalue weighted by Gasteiger charge is 2.11. The van der Waals surface area contributed by atoms with E-state index in [4.69, 9.17) is 18.9 Å². The summed E-state index contributed by atoms with van der Waals surface area (Å²) in [5.41, 5.74) is 2.31. The van der Waals surface area contributed by atoms with Gasteiger partial charge in [0, 0.05) is 6.08 Å². The third-order valence-corrected chi connectivity index (χ3v) is 4.77. The summed E-state index contributed by atoms with van der Waals surface area (Å²) < 4.78 is 21.4. The fraction of sp³-hybridized carbons (Fsp3) is 0.385. The van der Waals surface area contributed by atoms with Gasteiger partial charge in [0.15, 0.2) is 0 Å². The monoisotopic (exact) mass is 440 g/mol. The quantitative estimate of drug-likeness (QED) is 0.254. The minimum atomic E-state index is -0.368. The number of carbonyl (C=O) groups is 2. The van der Waals surface area contributed by atoms with Gasteiger partial charge in [0.05, 0.1) is 5.92 Å². The Kier molecular flexibility index (Phi) is 10.9. The van der Waals surface area contributed by atoms with Crippen molar-refractivity contribution in [3.63, 3.8) is 0 Å². The van der Waals surface area contributed by atoms with Gasteiger partial charge in [0.2, 0.25) is 0 Å². The van der Waals surface area contributed by atoms with Crippen molar-refractivity contribution in [2.75, 3.05) is 26.4 Å². The van der Waals surface area contributed by atoms with Gasteiger partial charge in [-0.05, 0) is 55.2 Å². The van der Waals surface area contributed by atoms with Gasteiger partial charge < -0.3 is 18.9 Å². The van der Waals surface area contributed by atoms with Crippen LogP contribution in [0.3, 0.4) is 0 Å². The first-order valence-electron chi connectivity index (χ1n) is 10.9. The van der Waals surface area contributed by atoms with Crippen LogP contribution in [0.4, 0.5) is 0 Å². The van der Waals surface area contributed by atoms with Crippen molar-refractivity contribution < 1.29 is 28.5 Å². The summed E-state index contributed by atoms with van der Waals surface area (Å²) in [5, 5.41) is 0. The molecular weight excluding hydrogens is 408 g/mol. The lowest BCUT2D eigenvalue weighted by atomic mass is 10.0. The second kappa shape index (κ2) is 13.9. The normalized spacial score (nSPS) is 11.7. The molecule has 0 heterocycles. The van der Waals surface area contributed by atoms with Crippen molar-refractivity contribution in [3.8, 4) is 11.5 Å². The van der Waals surface area contributed by atoms with Crippen LogP contribution in [0.15, 0.2) is 60.7 Å². The number of hydrogen-bond donors (Lipinski definition) is 0. The number of ether oxygens (including phenoxy) is 4. The summed E-state index contributed by atoms with van der Waals surface area (Å²) in [7, 11) is 0. The first-order chi connectivity index (χ1) is 15.5. The zero-order valence-corrected chi connectivity index (χ0v) is 19.0. The molecule has 0 amide bonds. The van der Waals surface area contributed by atoms with Crippen molar-refractivity contribution in [1.29, 1.82) is 0 Å². The molecular formula is C26H32O6. The zero-order chi connectivity index (χ0) is 23.2. The molecule has 0 aliphatic heterocycles. The minimum absolute atomic E-state index is 0.0807. The van der Waals surface area contributed by atoms with E-state index in [0.29, 0.717) is 13.2 Å². The number of benzene rings is 2. The number of carbonyl (C=O) groups excluding carboxylic acids is 2. The third kappa shape index (κ3) is 9.25. The van der Waals surface area contributed by atoms with Crippen LogP contribution in [-0.2, 0) is 25.5 Å². The number of rotatable bonds is 13. The number of allylic oxidation sites excluding steroid dienone is 1. The molecule has 0 bridgehead atoms. The van der Waals surface area contributed by atoms with Crippen molar-refractivity contribution >= 4 is 11.9 Å². The maximum atomic E-state index is 11.6. The van der Waals surface area contributed by atoms with Crippen molar-refractivity contribution in [3.05, 3.63) is 71.8 Å². The van der Waals surface area contributed by atoms with Crippen LogP contribution in [0.2, 0.25) is 0 Å². The standard InChI is InChI=1S/C26H32O6/c1-4-6-25(27)31-17-15-29-23-11-7-21(8-12-23)19-22-9-13-24(14-10-22)30-16-18-32-26(28)20(3)5-2/h4,6-14,20H,5,15-19H2,1-3H3/b6-4+. The first-order valence-corrected chi connectivity index (χ1v) is 10.9. The van der Waals surface area contributed by atoms with Gasteiger partial charge in [0.1, 0.15) is 37.9 Å². The Bertz CT molecular complexity index is 855. The van der Waals surface area contributed by atoms with Crippen LogP contribution in [0, 0.1) is 5.92 Å². The van der Waals surface area contributed by atoms with Crippen LogP contribution < -0.4 is 9.47 Å². The Morgan fingerprint density at radius 2 is 1.31 bits per heavy atom. The molecule has 2 rings (SSSR count). The fourth-order valence-corrected chi connectivity index (χ4v) is 2.74. The van der Waals surface area contributed by atoms with E-state index in [9.17, 15) is 9.59 Å². The lowest BCUT2D eigenvalue weighted by Gasteiger charge is -2.11. The molecule has 6 nitrogen and oxygen atoms in total. The van der Waals surface area contributed by atoms with E-state index in [0.717, 1.165) is 35.5 Å². The fourth-order valence-electron chi connectivity index (χ4n) is 2.74. The van der Waals surface area contributed by atoms with Gasteiger partial charge in [-0.25, -0.2) is 4.79 Å². The molecule has 0 aromatic heterocycles. The predicted octanol–water partition coefficient (Wildman–Crippen LogP) is 4.74. The van der Waals surface area contributed by atoms with Crippen LogP contribution in [0.5, 0.6) is 11.5 Å². The van der Waals surface area contributed by atoms with Gasteiger partial charge in [-0.3, -0.25) is 4.79 Å².